The molecule has 0 radical (unpaired) electrons. The molecule has 2 rings (SSSR count). The SMILES string of the molecule is C=C(N(C)C)C12CCCC1C(C)=NO2. The van der Waals surface area contributed by atoms with E-state index in [1.165, 1.54) is 12.8 Å². The summed E-state index contributed by atoms with van der Waals surface area (Å²) in [5.41, 5.74) is 1.97. The maximum Gasteiger partial charge on any atom is 0.184 e. The molecule has 2 atom stereocenters. The van der Waals surface area contributed by atoms with Gasteiger partial charge in [-0.05, 0) is 26.2 Å². The van der Waals surface area contributed by atoms with E-state index in [9.17, 15) is 0 Å². The Balaban J connectivity index is 2.28. The minimum absolute atomic E-state index is 0.215. The smallest absolute Gasteiger partial charge is 0.184 e. The van der Waals surface area contributed by atoms with Gasteiger partial charge in [0.15, 0.2) is 5.60 Å². The second kappa shape index (κ2) is 3.01. The van der Waals surface area contributed by atoms with Crippen LogP contribution in [-0.4, -0.2) is 30.3 Å². The quantitative estimate of drug-likeness (QED) is 0.671. The fourth-order valence-electron chi connectivity index (χ4n) is 2.63. The summed E-state index contributed by atoms with van der Waals surface area (Å²) in [5.74, 6) is 0.456. The predicted molar refractivity (Wildman–Crippen MR) is 57.1 cm³/mol. The summed E-state index contributed by atoms with van der Waals surface area (Å²) in [7, 11) is 4.03. The number of hydrogen-bond acceptors (Lipinski definition) is 3. The Bertz CT molecular complexity index is 296. The zero-order valence-corrected chi connectivity index (χ0v) is 9.21. The Morgan fingerprint density at radius 3 is 3.00 bits per heavy atom. The van der Waals surface area contributed by atoms with Gasteiger partial charge in [0.05, 0.1) is 11.4 Å². The van der Waals surface area contributed by atoms with Crippen molar-refractivity contribution in [3.8, 4) is 0 Å². The van der Waals surface area contributed by atoms with Gasteiger partial charge in [-0.1, -0.05) is 11.7 Å². The van der Waals surface area contributed by atoms with Crippen LogP contribution in [0.5, 0.6) is 0 Å². The van der Waals surface area contributed by atoms with E-state index in [2.05, 4.69) is 18.7 Å². The summed E-state index contributed by atoms with van der Waals surface area (Å²) in [6.45, 7) is 6.19. The maximum absolute atomic E-state index is 5.65. The Morgan fingerprint density at radius 1 is 1.64 bits per heavy atom. The van der Waals surface area contributed by atoms with Crippen molar-refractivity contribution in [2.24, 2.45) is 11.1 Å². The average molecular weight is 194 g/mol. The summed E-state index contributed by atoms with van der Waals surface area (Å²) in [6.07, 6.45) is 3.45. The third-order valence-electron chi connectivity index (χ3n) is 3.49. The van der Waals surface area contributed by atoms with Crippen molar-refractivity contribution in [1.29, 1.82) is 0 Å². The van der Waals surface area contributed by atoms with Gasteiger partial charge < -0.3 is 9.74 Å². The molecule has 3 nitrogen and oxygen atoms in total. The molecule has 0 aromatic carbocycles. The first kappa shape index (κ1) is 9.56. The highest BCUT2D eigenvalue weighted by Gasteiger charge is 2.53. The first-order valence-corrected chi connectivity index (χ1v) is 5.17. The Kier molecular flexibility index (Phi) is 2.05. The molecular formula is C11H18N2O. The van der Waals surface area contributed by atoms with Crippen LogP contribution in [0.15, 0.2) is 17.4 Å². The molecule has 0 saturated heterocycles. The van der Waals surface area contributed by atoms with E-state index in [1.54, 1.807) is 0 Å². The Morgan fingerprint density at radius 2 is 2.36 bits per heavy atom. The van der Waals surface area contributed by atoms with Gasteiger partial charge >= 0.3 is 0 Å². The topological polar surface area (TPSA) is 24.8 Å². The summed E-state index contributed by atoms with van der Waals surface area (Å²) >= 11 is 0. The zero-order chi connectivity index (χ0) is 10.3. The third kappa shape index (κ3) is 1.08. The first-order valence-electron chi connectivity index (χ1n) is 5.17. The second-order valence-electron chi connectivity index (χ2n) is 4.50. The van der Waals surface area contributed by atoms with Crippen molar-refractivity contribution in [3.05, 3.63) is 12.3 Å². The summed E-state index contributed by atoms with van der Waals surface area (Å²) in [4.78, 5) is 7.69. The summed E-state index contributed by atoms with van der Waals surface area (Å²) in [6, 6.07) is 0. The van der Waals surface area contributed by atoms with Crippen LogP contribution < -0.4 is 0 Å². The second-order valence-corrected chi connectivity index (χ2v) is 4.50. The van der Waals surface area contributed by atoms with Gasteiger partial charge in [0.1, 0.15) is 0 Å². The van der Waals surface area contributed by atoms with Crippen molar-refractivity contribution in [2.45, 2.75) is 31.8 Å². The first-order chi connectivity index (χ1) is 6.58. The fourth-order valence-corrected chi connectivity index (χ4v) is 2.63. The van der Waals surface area contributed by atoms with Crippen LogP contribution in [0.4, 0.5) is 0 Å². The lowest BCUT2D eigenvalue weighted by molar-refractivity contribution is -0.0168. The molecule has 2 unspecified atom stereocenters. The zero-order valence-electron chi connectivity index (χ0n) is 9.21. The van der Waals surface area contributed by atoms with E-state index in [1.807, 2.05) is 19.0 Å². The average Bonchev–Trinajstić information content (AvgIpc) is 2.67. The standard InChI is InChI=1S/C11H18N2O/c1-8-10-6-5-7-11(10,14-12-8)9(2)13(3)4/h10H,2,5-7H2,1,3-4H3. The molecule has 0 N–H and O–H groups in total. The lowest BCUT2D eigenvalue weighted by Gasteiger charge is -2.33. The van der Waals surface area contributed by atoms with Gasteiger partial charge in [-0.3, -0.25) is 0 Å². The number of likely N-dealkylation sites (N-methyl/N-ethyl adjacent to an activating group) is 1. The Hall–Kier alpha value is -0.990. The van der Waals surface area contributed by atoms with Crippen LogP contribution in [0, 0.1) is 5.92 Å². The van der Waals surface area contributed by atoms with E-state index in [-0.39, 0.29) is 5.60 Å². The van der Waals surface area contributed by atoms with Gasteiger partial charge in [0, 0.05) is 20.0 Å². The molecule has 0 aromatic rings. The van der Waals surface area contributed by atoms with Crippen molar-refractivity contribution < 1.29 is 4.84 Å². The maximum atomic E-state index is 5.65. The molecule has 2 aliphatic rings. The molecule has 1 aliphatic carbocycles. The molecule has 78 valence electrons. The lowest BCUT2D eigenvalue weighted by atomic mass is 9.85. The van der Waals surface area contributed by atoms with Gasteiger partial charge in [0.25, 0.3) is 0 Å². The normalized spacial score (nSPS) is 34.8. The molecule has 14 heavy (non-hydrogen) atoms. The molecule has 0 amide bonds. The van der Waals surface area contributed by atoms with E-state index in [0.717, 1.165) is 17.8 Å². The largest absolute Gasteiger partial charge is 0.382 e. The van der Waals surface area contributed by atoms with E-state index in [0.29, 0.717) is 5.92 Å². The molecule has 1 fully saturated rings. The molecule has 3 heteroatoms. The molecule has 1 heterocycles. The van der Waals surface area contributed by atoms with Crippen LogP contribution in [0.3, 0.4) is 0 Å². The summed E-state index contributed by atoms with van der Waals surface area (Å²) < 4.78 is 0. The van der Waals surface area contributed by atoms with Crippen LogP contribution in [0.2, 0.25) is 0 Å². The van der Waals surface area contributed by atoms with Crippen molar-refractivity contribution >= 4 is 5.71 Å². The van der Waals surface area contributed by atoms with E-state index in [4.69, 9.17) is 4.84 Å². The van der Waals surface area contributed by atoms with Crippen LogP contribution >= 0.6 is 0 Å². The Labute approximate surface area is 85.4 Å². The fraction of sp³-hybridized carbons (Fsp3) is 0.727. The lowest BCUT2D eigenvalue weighted by Crippen LogP contribution is -2.40. The van der Waals surface area contributed by atoms with Crippen molar-refractivity contribution in [3.63, 3.8) is 0 Å². The van der Waals surface area contributed by atoms with Gasteiger partial charge in [-0.25, -0.2) is 0 Å². The van der Waals surface area contributed by atoms with Crippen LogP contribution in [0.25, 0.3) is 0 Å². The molecule has 0 spiro atoms. The predicted octanol–water partition coefficient (Wildman–Crippen LogP) is 2.01. The molecule has 0 bridgehead atoms. The number of nitrogens with zero attached hydrogens (tertiary/aromatic N) is 2. The number of hydrogen-bond donors (Lipinski definition) is 0. The molecule has 0 aromatic heterocycles. The highest BCUT2D eigenvalue weighted by Crippen LogP contribution is 2.48. The summed E-state index contributed by atoms with van der Waals surface area (Å²) in [5, 5.41) is 4.13. The molecular weight excluding hydrogens is 176 g/mol. The van der Waals surface area contributed by atoms with Crippen molar-refractivity contribution in [2.75, 3.05) is 14.1 Å². The van der Waals surface area contributed by atoms with Crippen LogP contribution in [0.1, 0.15) is 26.2 Å². The number of fused-ring (bicyclic) bond motifs is 1. The molecule has 1 aliphatic heterocycles. The van der Waals surface area contributed by atoms with Gasteiger partial charge in [-0.15, -0.1) is 0 Å². The van der Waals surface area contributed by atoms with Crippen LogP contribution in [-0.2, 0) is 4.84 Å². The number of rotatable bonds is 2. The van der Waals surface area contributed by atoms with Gasteiger partial charge in [-0.2, -0.15) is 0 Å². The van der Waals surface area contributed by atoms with Crippen molar-refractivity contribution in [1.82, 2.24) is 4.90 Å². The van der Waals surface area contributed by atoms with Gasteiger partial charge in [0.2, 0.25) is 0 Å². The van der Waals surface area contributed by atoms with E-state index < -0.39 is 0 Å². The van der Waals surface area contributed by atoms with E-state index >= 15 is 0 Å². The highest BCUT2D eigenvalue weighted by atomic mass is 16.7. The monoisotopic (exact) mass is 194 g/mol. The highest BCUT2D eigenvalue weighted by molar-refractivity contribution is 5.87. The number of oxime groups is 1. The minimum atomic E-state index is -0.215. The third-order valence-corrected chi connectivity index (χ3v) is 3.49. The minimum Gasteiger partial charge on any atom is -0.382 e. The molecule has 1 saturated carbocycles.